The molecule has 2 heterocycles. The lowest BCUT2D eigenvalue weighted by Gasteiger charge is -2.15. The lowest BCUT2D eigenvalue weighted by molar-refractivity contribution is 0.173. The number of aromatic nitrogens is 3. The molecule has 0 radical (unpaired) electrons. The first-order chi connectivity index (χ1) is 13.7. The molecule has 0 aliphatic carbocycles. The number of nitrogens with one attached hydrogen (secondary N) is 1. The fraction of sp³-hybridized carbons (Fsp3) is 0.316. The Morgan fingerprint density at radius 3 is 2.59 bits per heavy atom. The van der Waals surface area contributed by atoms with Gasteiger partial charge >= 0.3 is 0 Å². The van der Waals surface area contributed by atoms with Crippen LogP contribution >= 0.6 is 0 Å². The minimum absolute atomic E-state index is 0.0920. The number of pyridine rings is 1. The number of hydrogen-bond acceptors (Lipinski definition) is 7. The van der Waals surface area contributed by atoms with Gasteiger partial charge in [0.1, 0.15) is 11.5 Å². The van der Waals surface area contributed by atoms with Crippen molar-refractivity contribution in [1.29, 1.82) is 0 Å². The quantitative estimate of drug-likeness (QED) is 0.551. The van der Waals surface area contributed by atoms with Crippen LogP contribution in [0.25, 0.3) is 11.0 Å². The third-order valence-electron chi connectivity index (χ3n) is 3.91. The van der Waals surface area contributed by atoms with E-state index in [-0.39, 0.29) is 36.2 Å². The number of fused-ring (bicyclic) bond motifs is 1. The van der Waals surface area contributed by atoms with E-state index in [0.29, 0.717) is 11.5 Å². The van der Waals surface area contributed by atoms with Gasteiger partial charge in [0.2, 0.25) is 5.95 Å². The number of halogens is 2. The van der Waals surface area contributed by atoms with Crippen LogP contribution in [0.2, 0.25) is 0 Å². The van der Waals surface area contributed by atoms with Crippen molar-refractivity contribution in [2.24, 2.45) is 0 Å². The SMILES string of the molecule is C[C@H](O)CNc1ncc2cc(Oc3ccc(F)cc3F)c(=O)n(C[C@H](C)O)c2n1. The number of anilines is 1. The first-order valence-electron chi connectivity index (χ1n) is 8.88. The molecule has 0 aliphatic heterocycles. The fourth-order valence-electron chi connectivity index (χ4n) is 2.64. The van der Waals surface area contributed by atoms with E-state index in [2.05, 4.69) is 15.3 Å². The second kappa shape index (κ2) is 8.50. The number of nitrogens with zero attached hydrogens (tertiary/aromatic N) is 3. The summed E-state index contributed by atoms with van der Waals surface area (Å²) in [6, 6.07) is 4.08. The molecular formula is C19H20F2N4O4. The first kappa shape index (κ1) is 20.6. The van der Waals surface area contributed by atoms with E-state index in [1.54, 1.807) is 6.92 Å². The van der Waals surface area contributed by atoms with Crippen LogP contribution in [0.4, 0.5) is 14.7 Å². The van der Waals surface area contributed by atoms with Crippen molar-refractivity contribution in [1.82, 2.24) is 14.5 Å². The molecule has 0 saturated carbocycles. The predicted molar refractivity (Wildman–Crippen MR) is 102 cm³/mol. The van der Waals surface area contributed by atoms with E-state index in [9.17, 15) is 23.8 Å². The highest BCUT2D eigenvalue weighted by atomic mass is 19.1. The Balaban J connectivity index is 2.08. The molecule has 0 spiro atoms. The number of hydrogen-bond donors (Lipinski definition) is 3. The molecule has 1 aromatic carbocycles. The zero-order valence-electron chi connectivity index (χ0n) is 15.8. The minimum Gasteiger partial charge on any atom is -0.448 e. The van der Waals surface area contributed by atoms with Crippen molar-refractivity contribution in [2.75, 3.05) is 11.9 Å². The standard InChI is InChI=1S/C19H20F2N4O4/c1-10(26)7-22-19-23-8-12-5-16(29-15-4-3-13(20)6-14(15)21)18(28)25(9-11(2)27)17(12)24-19/h3-6,8,10-11,26-27H,7,9H2,1-2H3,(H,22,23,24)/t10-,11-/m0/s1. The highest BCUT2D eigenvalue weighted by Crippen LogP contribution is 2.25. The van der Waals surface area contributed by atoms with E-state index in [1.165, 1.54) is 23.8 Å². The van der Waals surface area contributed by atoms with Crippen LogP contribution in [0.5, 0.6) is 11.5 Å². The maximum atomic E-state index is 13.9. The van der Waals surface area contributed by atoms with Crippen molar-refractivity contribution in [2.45, 2.75) is 32.6 Å². The van der Waals surface area contributed by atoms with E-state index in [4.69, 9.17) is 4.74 Å². The van der Waals surface area contributed by atoms with Gasteiger partial charge in [-0.15, -0.1) is 0 Å². The summed E-state index contributed by atoms with van der Waals surface area (Å²) in [6.45, 7) is 3.21. The molecule has 154 valence electrons. The van der Waals surface area contributed by atoms with Crippen LogP contribution in [0, 0.1) is 11.6 Å². The number of aliphatic hydroxyl groups excluding tert-OH is 2. The molecule has 3 aromatic rings. The molecule has 3 rings (SSSR count). The molecule has 3 N–H and O–H groups in total. The van der Waals surface area contributed by atoms with Gasteiger partial charge in [-0.2, -0.15) is 4.98 Å². The van der Waals surface area contributed by atoms with Crippen LogP contribution in [0.1, 0.15) is 13.8 Å². The van der Waals surface area contributed by atoms with Gasteiger partial charge in [0, 0.05) is 24.2 Å². The van der Waals surface area contributed by atoms with Crippen molar-refractivity contribution in [3.05, 3.63) is 52.5 Å². The lowest BCUT2D eigenvalue weighted by Crippen LogP contribution is -2.27. The monoisotopic (exact) mass is 406 g/mol. The summed E-state index contributed by atoms with van der Waals surface area (Å²) in [5, 5.41) is 22.4. The molecule has 2 aromatic heterocycles. The van der Waals surface area contributed by atoms with Crippen molar-refractivity contribution < 1.29 is 23.7 Å². The largest absolute Gasteiger partial charge is 0.448 e. The molecule has 0 fully saturated rings. The highest BCUT2D eigenvalue weighted by molar-refractivity contribution is 5.77. The second-order valence-electron chi connectivity index (χ2n) is 6.65. The van der Waals surface area contributed by atoms with E-state index < -0.39 is 29.4 Å². The van der Waals surface area contributed by atoms with Crippen LogP contribution in [0.3, 0.4) is 0 Å². The Kier molecular flexibility index (Phi) is 6.04. The molecule has 0 bridgehead atoms. The summed E-state index contributed by atoms with van der Waals surface area (Å²) in [4.78, 5) is 21.3. The Morgan fingerprint density at radius 2 is 1.93 bits per heavy atom. The Morgan fingerprint density at radius 1 is 1.17 bits per heavy atom. The van der Waals surface area contributed by atoms with Crippen LogP contribution in [-0.4, -0.2) is 43.5 Å². The second-order valence-corrected chi connectivity index (χ2v) is 6.65. The molecule has 2 atom stereocenters. The molecule has 29 heavy (non-hydrogen) atoms. The van der Waals surface area contributed by atoms with Gasteiger partial charge in [0.15, 0.2) is 17.3 Å². The van der Waals surface area contributed by atoms with Crippen LogP contribution in [-0.2, 0) is 6.54 Å². The minimum atomic E-state index is -0.958. The molecule has 0 aliphatic rings. The van der Waals surface area contributed by atoms with E-state index >= 15 is 0 Å². The summed E-state index contributed by atoms with van der Waals surface area (Å²) in [6.07, 6.45) is -0.0775. The third-order valence-corrected chi connectivity index (χ3v) is 3.91. The van der Waals surface area contributed by atoms with Crippen molar-refractivity contribution in [3.63, 3.8) is 0 Å². The van der Waals surface area contributed by atoms with Gasteiger partial charge in [-0.05, 0) is 32.0 Å². The van der Waals surface area contributed by atoms with Gasteiger partial charge in [-0.1, -0.05) is 0 Å². The van der Waals surface area contributed by atoms with Gasteiger partial charge < -0.3 is 20.3 Å². The van der Waals surface area contributed by atoms with Crippen molar-refractivity contribution in [3.8, 4) is 11.5 Å². The average Bonchev–Trinajstić information content (AvgIpc) is 2.65. The summed E-state index contributed by atoms with van der Waals surface area (Å²) >= 11 is 0. The number of rotatable bonds is 7. The molecular weight excluding hydrogens is 386 g/mol. The zero-order valence-corrected chi connectivity index (χ0v) is 15.8. The molecule has 0 saturated heterocycles. The average molecular weight is 406 g/mol. The summed E-state index contributed by atoms with van der Waals surface area (Å²) in [7, 11) is 0. The smallest absolute Gasteiger partial charge is 0.295 e. The molecule has 10 heteroatoms. The van der Waals surface area contributed by atoms with Gasteiger partial charge in [-0.25, -0.2) is 13.8 Å². The normalized spacial score (nSPS) is 13.3. The third kappa shape index (κ3) is 4.84. The summed E-state index contributed by atoms with van der Waals surface area (Å²) in [5.74, 6) is -2.08. The Labute approximate surface area is 164 Å². The fourth-order valence-corrected chi connectivity index (χ4v) is 2.64. The van der Waals surface area contributed by atoms with E-state index in [1.807, 2.05) is 0 Å². The number of benzene rings is 1. The zero-order chi connectivity index (χ0) is 21.1. The maximum absolute atomic E-state index is 13.9. The van der Waals surface area contributed by atoms with Gasteiger partial charge in [-0.3, -0.25) is 9.36 Å². The Hall–Kier alpha value is -3.11. The van der Waals surface area contributed by atoms with Crippen LogP contribution < -0.4 is 15.6 Å². The van der Waals surface area contributed by atoms with Gasteiger partial charge in [0.05, 0.1) is 18.8 Å². The Bertz CT molecular complexity index is 1090. The summed E-state index contributed by atoms with van der Waals surface area (Å²) < 4.78 is 33.6. The van der Waals surface area contributed by atoms with E-state index in [0.717, 1.165) is 12.1 Å². The number of ether oxygens (including phenoxy) is 1. The van der Waals surface area contributed by atoms with Crippen LogP contribution in [0.15, 0.2) is 35.3 Å². The first-order valence-corrected chi connectivity index (χ1v) is 8.88. The lowest BCUT2D eigenvalue weighted by atomic mass is 10.3. The summed E-state index contributed by atoms with van der Waals surface area (Å²) in [5.41, 5.74) is -0.423. The van der Waals surface area contributed by atoms with Crippen molar-refractivity contribution >= 4 is 17.0 Å². The molecule has 0 amide bonds. The maximum Gasteiger partial charge on any atom is 0.295 e. The van der Waals surface area contributed by atoms with Gasteiger partial charge in [0.25, 0.3) is 5.56 Å². The molecule has 8 nitrogen and oxygen atoms in total. The number of aliphatic hydroxyl groups is 2. The molecule has 0 unspecified atom stereocenters. The highest BCUT2D eigenvalue weighted by Gasteiger charge is 2.16. The topological polar surface area (TPSA) is 110 Å². The predicted octanol–water partition coefficient (Wildman–Crippen LogP) is 2.04.